The molecule has 0 aromatic heterocycles. The van der Waals surface area contributed by atoms with Crippen LogP contribution in [0.25, 0.3) is 0 Å². The molecule has 88 valence electrons. The summed E-state index contributed by atoms with van der Waals surface area (Å²) in [5.74, 6) is 0.959. The van der Waals surface area contributed by atoms with Crippen LogP contribution in [0.1, 0.15) is 51.1 Å². The van der Waals surface area contributed by atoms with Crippen LogP contribution in [0.4, 0.5) is 0 Å². The molecular weight excluding hydrogens is 194 g/mol. The summed E-state index contributed by atoms with van der Waals surface area (Å²) in [6, 6.07) is 12.0. The maximum atomic E-state index is 3.76. The Bertz CT molecular complexity index is 306. The topological polar surface area (TPSA) is 12.0 Å². The predicted octanol–water partition coefficient (Wildman–Crippen LogP) is 3.92. The quantitative estimate of drug-likeness (QED) is 0.806. The van der Waals surface area contributed by atoms with Gasteiger partial charge in [0, 0.05) is 12.1 Å². The smallest absolute Gasteiger partial charge is 0.0294 e. The largest absolute Gasteiger partial charge is 0.307 e. The lowest BCUT2D eigenvalue weighted by Gasteiger charge is -2.20. The van der Waals surface area contributed by atoms with E-state index in [1.54, 1.807) is 0 Å². The molecule has 0 aliphatic heterocycles. The van der Waals surface area contributed by atoms with E-state index in [-0.39, 0.29) is 0 Å². The number of nitrogens with one attached hydrogen (secondary N) is 1. The molecule has 2 unspecified atom stereocenters. The predicted molar refractivity (Wildman–Crippen MR) is 69.4 cm³/mol. The van der Waals surface area contributed by atoms with Crippen LogP contribution in [0.2, 0.25) is 0 Å². The van der Waals surface area contributed by atoms with Gasteiger partial charge in [0.25, 0.3) is 0 Å². The van der Waals surface area contributed by atoms with Crippen LogP contribution in [-0.4, -0.2) is 6.04 Å². The van der Waals surface area contributed by atoms with Gasteiger partial charge in [0.15, 0.2) is 0 Å². The van der Waals surface area contributed by atoms with Crippen LogP contribution < -0.4 is 5.32 Å². The van der Waals surface area contributed by atoms with Crippen LogP contribution in [0, 0.1) is 5.92 Å². The third-order valence-electron chi connectivity index (χ3n) is 3.90. The first-order chi connectivity index (χ1) is 7.79. The maximum absolute atomic E-state index is 3.76. The average Bonchev–Trinajstić information content (AvgIpc) is 2.78. The molecule has 16 heavy (non-hydrogen) atoms. The number of hydrogen-bond donors (Lipinski definition) is 1. The zero-order chi connectivity index (χ0) is 11.4. The fraction of sp³-hybridized carbons (Fsp3) is 0.600. The third kappa shape index (κ3) is 2.85. The highest BCUT2D eigenvalue weighted by Gasteiger charge is 2.24. The van der Waals surface area contributed by atoms with Crippen LogP contribution >= 0.6 is 0 Å². The molecule has 0 spiro atoms. The van der Waals surface area contributed by atoms with Crippen molar-refractivity contribution in [1.29, 1.82) is 0 Å². The second-order valence-corrected chi connectivity index (χ2v) is 5.08. The molecule has 0 radical (unpaired) electrons. The lowest BCUT2D eigenvalue weighted by Crippen LogP contribution is -2.29. The number of hydrogen-bond acceptors (Lipinski definition) is 1. The van der Waals surface area contributed by atoms with Gasteiger partial charge in [-0.1, -0.05) is 43.7 Å². The standard InChI is InChI=1S/C15H23N/c1-3-13-9-10-15(11-13)16-12(2)14-7-5-4-6-8-14/h4-8,12-13,15-16H,3,9-11H2,1-2H3/t12-,13?,15?/m0/s1. The summed E-state index contributed by atoms with van der Waals surface area (Å²) >= 11 is 0. The van der Waals surface area contributed by atoms with Gasteiger partial charge in [-0.05, 0) is 37.7 Å². The summed E-state index contributed by atoms with van der Waals surface area (Å²) in [4.78, 5) is 0. The van der Waals surface area contributed by atoms with E-state index in [9.17, 15) is 0 Å². The summed E-state index contributed by atoms with van der Waals surface area (Å²) in [6.07, 6.45) is 5.48. The Hall–Kier alpha value is -0.820. The number of benzene rings is 1. The minimum Gasteiger partial charge on any atom is -0.307 e. The molecule has 1 aliphatic rings. The Morgan fingerprint density at radius 3 is 2.62 bits per heavy atom. The maximum Gasteiger partial charge on any atom is 0.0294 e. The fourth-order valence-electron chi connectivity index (χ4n) is 2.79. The second kappa shape index (κ2) is 5.49. The molecular formula is C15H23N. The van der Waals surface area contributed by atoms with Gasteiger partial charge in [-0.3, -0.25) is 0 Å². The number of rotatable bonds is 4. The highest BCUT2D eigenvalue weighted by molar-refractivity contribution is 5.18. The minimum absolute atomic E-state index is 0.488. The van der Waals surface area contributed by atoms with Gasteiger partial charge >= 0.3 is 0 Å². The molecule has 3 atom stereocenters. The Morgan fingerprint density at radius 2 is 2.00 bits per heavy atom. The van der Waals surface area contributed by atoms with E-state index in [0.717, 1.165) is 12.0 Å². The first kappa shape index (κ1) is 11.7. The SMILES string of the molecule is CCC1CCC(N[C@@H](C)c2ccccc2)C1. The van der Waals surface area contributed by atoms with Crippen LogP contribution in [0.3, 0.4) is 0 Å². The third-order valence-corrected chi connectivity index (χ3v) is 3.90. The Kier molecular flexibility index (Phi) is 4.00. The molecule has 1 nitrogen and oxygen atoms in total. The van der Waals surface area contributed by atoms with Crippen LogP contribution in [0.5, 0.6) is 0 Å². The van der Waals surface area contributed by atoms with E-state index in [2.05, 4.69) is 49.5 Å². The second-order valence-electron chi connectivity index (χ2n) is 5.08. The Balaban J connectivity index is 1.86. The van der Waals surface area contributed by atoms with E-state index in [4.69, 9.17) is 0 Å². The molecule has 1 heteroatoms. The summed E-state index contributed by atoms with van der Waals surface area (Å²) in [7, 11) is 0. The van der Waals surface area contributed by atoms with Gasteiger partial charge in [0.05, 0.1) is 0 Å². The average molecular weight is 217 g/mol. The van der Waals surface area contributed by atoms with Gasteiger partial charge in [-0.2, -0.15) is 0 Å². The lowest BCUT2D eigenvalue weighted by atomic mass is 10.0. The minimum atomic E-state index is 0.488. The molecule has 2 rings (SSSR count). The Labute approximate surface area is 99.3 Å². The van der Waals surface area contributed by atoms with E-state index in [0.29, 0.717) is 6.04 Å². The highest BCUT2D eigenvalue weighted by Crippen LogP contribution is 2.29. The van der Waals surface area contributed by atoms with Crippen molar-refractivity contribution in [2.75, 3.05) is 0 Å². The van der Waals surface area contributed by atoms with Gasteiger partial charge in [-0.15, -0.1) is 0 Å². The molecule has 1 saturated carbocycles. The first-order valence-electron chi connectivity index (χ1n) is 6.60. The van der Waals surface area contributed by atoms with E-state index < -0.39 is 0 Å². The summed E-state index contributed by atoms with van der Waals surface area (Å²) in [5.41, 5.74) is 1.41. The molecule has 1 fully saturated rings. The van der Waals surface area contributed by atoms with Crippen molar-refractivity contribution >= 4 is 0 Å². The fourth-order valence-corrected chi connectivity index (χ4v) is 2.79. The zero-order valence-corrected chi connectivity index (χ0v) is 10.4. The van der Waals surface area contributed by atoms with Gasteiger partial charge < -0.3 is 5.32 Å². The molecule has 1 N–H and O–H groups in total. The van der Waals surface area contributed by atoms with Crippen molar-refractivity contribution in [3.63, 3.8) is 0 Å². The Morgan fingerprint density at radius 1 is 1.25 bits per heavy atom. The highest BCUT2D eigenvalue weighted by atomic mass is 14.9. The van der Waals surface area contributed by atoms with E-state index in [1.165, 1.54) is 31.2 Å². The molecule has 1 aromatic carbocycles. The molecule has 0 heterocycles. The molecule has 0 saturated heterocycles. The summed E-state index contributed by atoms with van der Waals surface area (Å²) in [5, 5.41) is 3.76. The normalized spacial score (nSPS) is 26.9. The molecule has 0 amide bonds. The van der Waals surface area contributed by atoms with E-state index in [1.807, 2.05) is 0 Å². The lowest BCUT2D eigenvalue weighted by molar-refractivity contribution is 0.437. The summed E-state index contributed by atoms with van der Waals surface area (Å²) < 4.78 is 0. The molecule has 1 aromatic rings. The zero-order valence-electron chi connectivity index (χ0n) is 10.4. The molecule has 1 aliphatic carbocycles. The van der Waals surface area contributed by atoms with E-state index >= 15 is 0 Å². The van der Waals surface area contributed by atoms with Gasteiger partial charge in [-0.25, -0.2) is 0 Å². The summed E-state index contributed by atoms with van der Waals surface area (Å²) in [6.45, 7) is 4.59. The van der Waals surface area contributed by atoms with Gasteiger partial charge in [0.1, 0.15) is 0 Å². The van der Waals surface area contributed by atoms with Crippen molar-refractivity contribution in [3.05, 3.63) is 35.9 Å². The van der Waals surface area contributed by atoms with Crippen molar-refractivity contribution < 1.29 is 0 Å². The van der Waals surface area contributed by atoms with Crippen LogP contribution in [-0.2, 0) is 0 Å². The monoisotopic (exact) mass is 217 g/mol. The van der Waals surface area contributed by atoms with Crippen molar-refractivity contribution in [3.8, 4) is 0 Å². The van der Waals surface area contributed by atoms with Crippen LogP contribution in [0.15, 0.2) is 30.3 Å². The first-order valence-corrected chi connectivity index (χ1v) is 6.60. The van der Waals surface area contributed by atoms with Crippen molar-refractivity contribution in [2.45, 2.75) is 51.6 Å². The van der Waals surface area contributed by atoms with Crippen molar-refractivity contribution in [2.24, 2.45) is 5.92 Å². The molecule has 0 bridgehead atoms. The van der Waals surface area contributed by atoms with Crippen molar-refractivity contribution in [1.82, 2.24) is 5.32 Å². The van der Waals surface area contributed by atoms with Gasteiger partial charge in [0.2, 0.25) is 0 Å².